The zero-order chi connectivity index (χ0) is 16.4. The molecule has 2 saturated heterocycles. The van der Waals surface area contributed by atoms with Gasteiger partial charge in [0.05, 0.1) is 12.2 Å². The molecule has 2 aliphatic heterocycles. The largest absolute Gasteiger partial charge is 0.338 e. The van der Waals surface area contributed by atoms with E-state index in [4.69, 9.17) is 4.52 Å². The Morgan fingerprint density at radius 2 is 2.04 bits per heavy atom. The van der Waals surface area contributed by atoms with E-state index >= 15 is 0 Å². The third-order valence-electron chi connectivity index (χ3n) is 4.80. The molecular weight excluding hydrogens is 296 g/mol. The zero-order valence-corrected chi connectivity index (χ0v) is 13.7. The van der Waals surface area contributed by atoms with Crippen molar-refractivity contribution in [3.05, 3.63) is 11.8 Å². The minimum Gasteiger partial charge on any atom is -0.338 e. The summed E-state index contributed by atoms with van der Waals surface area (Å²) in [5.74, 6) is 0.427. The molecule has 0 aliphatic carbocycles. The van der Waals surface area contributed by atoms with Gasteiger partial charge in [-0.15, -0.1) is 0 Å². The molecule has 1 aromatic heterocycles. The molecule has 126 valence electrons. The van der Waals surface area contributed by atoms with Gasteiger partial charge in [-0.3, -0.25) is 19.8 Å². The van der Waals surface area contributed by atoms with E-state index in [1.165, 1.54) is 0 Å². The molecule has 7 heteroatoms. The predicted octanol–water partition coefficient (Wildman–Crippen LogP) is 1.40. The van der Waals surface area contributed by atoms with Crippen molar-refractivity contribution in [1.82, 2.24) is 15.0 Å². The molecular formula is C16H24N4O3. The summed E-state index contributed by atoms with van der Waals surface area (Å²) >= 11 is 0. The average Bonchev–Trinajstić information content (AvgIpc) is 3.18. The molecule has 23 heavy (non-hydrogen) atoms. The van der Waals surface area contributed by atoms with Gasteiger partial charge >= 0.3 is 0 Å². The Balaban J connectivity index is 1.60. The third-order valence-corrected chi connectivity index (χ3v) is 4.80. The van der Waals surface area contributed by atoms with Crippen LogP contribution in [0.5, 0.6) is 0 Å². The Kier molecular flexibility index (Phi) is 4.66. The highest BCUT2D eigenvalue weighted by molar-refractivity contribution is 5.91. The molecule has 2 amide bonds. The van der Waals surface area contributed by atoms with Crippen LogP contribution in [0.3, 0.4) is 0 Å². The lowest BCUT2D eigenvalue weighted by Gasteiger charge is -2.34. The normalized spacial score (nSPS) is 25.0. The number of anilines is 1. The molecule has 2 aliphatic rings. The quantitative estimate of drug-likeness (QED) is 0.907. The molecule has 0 bridgehead atoms. The van der Waals surface area contributed by atoms with Crippen molar-refractivity contribution >= 4 is 17.7 Å². The molecule has 3 rings (SSSR count). The number of amides is 2. The van der Waals surface area contributed by atoms with Gasteiger partial charge in [0.15, 0.2) is 0 Å². The van der Waals surface area contributed by atoms with Gasteiger partial charge in [0, 0.05) is 31.6 Å². The van der Waals surface area contributed by atoms with E-state index in [2.05, 4.69) is 15.4 Å². The number of nitrogens with zero attached hydrogens (tertiary/aromatic N) is 3. The molecule has 1 aromatic rings. The first-order chi connectivity index (χ1) is 11.0. The summed E-state index contributed by atoms with van der Waals surface area (Å²) in [5, 5.41) is 6.51. The summed E-state index contributed by atoms with van der Waals surface area (Å²) in [5.41, 5.74) is 0.738. The van der Waals surface area contributed by atoms with Crippen LogP contribution < -0.4 is 5.32 Å². The van der Waals surface area contributed by atoms with Crippen molar-refractivity contribution in [3.63, 3.8) is 0 Å². The molecule has 7 nitrogen and oxygen atoms in total. The van der Waals surface area contributed by atoms with Crippen molar-refractivity contribution < 1.29 is 14.1 Å². The smallest absolute Gasteiger partial charge is 0.240 e. The monoisotopic (exact) mass is 320 g/mol. The Labute approximate surface area is 136 Å². The lowest BCUT2D eigenvalue weighted by atomic mass is 10.0. The first-order valence-electron chi connectivity index (χ1n) is 8.29. The summed E-state index contributed by atoms with van der Waals surface area (Å²) in [4.78, 5) is 28.2. The Morgan fingerprint density at radius 3 is 2.74 bits per heavy atom. The SMILES string of the molecule is CC(=O)N1CCC[C@H]1[C@H]1CCCN1CC(=O)Nc1cc(C)no1. The highest BCUT2D eigenvalue weighted by atomic mass is 16.5. The highest BCUT2D eigenvalue weighted by Gasteiger charge is 2.39. The Morgan fingerprint density at radius 1 is 1.30 bits per heavy atom. The summed E-state index contributed by atoms with van der Waals surface area (Å²) in [6.45, 7) is 5.51. The third kappa shape index (κ3) is 3.55. The molecule has 2 fully saturated rings. The van der Waals surface area contributed by atoms with Gasteiger partial charge in [0.25, 0.3) is 0 Å². The minimum atomic E-state index is -0.0968. The van der Waals surface area contributed by atoms with Crippen LogP contribution in [0.25, 0.3) is 0 Å². The molecule has 0 saturated carbocycles. The molecule has 2 atom stereocenters. The summed E-state index contributed by atoms with van der Waals surface area (Å²) < 4.78 is 5.02. The van der Waals surface area contributed by atoms with Crippen LogP contribution in [0.4, 0.5) is 5.88 Å². The first kappa shape index (κ1) is 16.0. The summed E-state index contributed by atoms with van der Waals surface area (Å²) in [6, 6.07) is 2.23. The van der Waals surface area contributed by atoms with E-state index < -0.39 is 0 Å². The molecule has 3 heterocycles. The van der Waals surface area contributed by atoms with Gasteiger partial charge in [-0.05, 0) is 39.2 Å². The van der Waals surface area contributed by atoms with Gasteiger partial charge in [0.2, 0.25) is 17.7 Å². The average molecular weight is 320 g/mol. The lowest BCUT2D eigenvalue weighted by Crippen LogP contribution is -2.49. The van der Waals surface area contributed by atoms with Gasteiger partial charge in [-0.25, -0.2) is 0 Å². The van der Waals surface area contributed by atoms with Crippen LogP contribution in [0.2, 0.25) is 0 Å². The highest BCUT2D eigenvalue weighted by Crippen LogP contribution is 2.29. The lowest BCUT2D eigenvalue weighted by molar-refractivity contribution is -0.130. The Hall–Kier alpha value is -1.89. The van der Waals surface area contributed by atoms with E-state index in [0.717, 1.165) is 44.5 Å². The second kappa shape index (κ2) is 6.70. The van der Waals surface area contributed by atoms with Crippen LogP contribution in [0, 0.1) is 6.92 Å². The maximum Gasteiger partial charge on any atom is 0.240 e. The second-order valence-corrected chi connectivity index (χ2v) is 6.48. The van der Waals surface area contributed by atoms with E-state index in [-0.39, 0.29) is 23.9 Å². The van der Waals surface area contributed by atoms with E-state index in [1.807, 2.05) is 11.8 Å². The van der Waals surface area contributed by atoms with E-state index in [0.29, 0.717) is 12.4 Å². The van der Waals surface area contributed by atoms with Crippen LogP contribution in [-0.2, 0) is 9.59 Å². The van der Waals surface area contributed by atoms with Crippen LogP contribution in [-0.4, -0.2) is 58.5 Å². The molecule has 1 N–H and O–H groups in total. The maximum atomic E-state index is 12.2. The van der Waals surface area contributed by atoms with Crippen LogP contribution in [0.1, 0.15) is 38.3 Å². The Bertz CT molecular complexity index is 586. The van der Waals surface area contributed by atoms with Gasteiger partial charge in [0.1, 0.15) is 0 Å². The number of aromatic nitrogens is 1. The number of aryl methyl sites for hydroxylation is 1. The number of carbonyl (C=O) groups is 2. The first-order valence-corrected chi connectivity index (χ1v) is 8.29. The van der Waals surface area contributed by atoms with Crippen molar-refractivity contribution in [2.45, 2.75) is 51.6 Å². The summed E-state index contributed by atoms with van der Waals surface area (Å²) in [6.07, 6.45) is 4.20. The van der Waals surface area contributed by atoms with Gasteiger partial charge < -0.3 is 9.42 Å². The number of nitrogens with one attached hydrogen (secondary N) is 1. The second-order valence-electron chi connectivity index (χ2n) is 6.48. The van der Waals surface area contributed by atoms with E-state index in [9.17, 15) is 9.59 Å². The topological polar surface area (TPSA) is 78.7 Å². The van der Waals surface area contributed by atoms with Crippen molar-refractivity contribution in [1.29, 1.82) is 0 Å². The number of rotatable bonds is 4. The zero-order valence-electron chi connectivity index (χ0n) is 13.7. The fraction of sp³-hybridized carbons (Fsp3) is 0.688. The fourth-order valence-electron chi connectivity index (χ4n) is 3.85. The minimum absolute atomic E-state index is 0.0968. The predicted molar refractivity (Wildman–Crippen MR) is 84.9 cm³/mol. The van der Waals surface area contributed by atoms with Gasteiger partial charge in [-0.2, -0.15) is 0 Å². The standard InChI is InChI=1S/C16H24N4O3/c1-11-9-16(23-18-11)17-15(22)10-19-7-3-5-13(19)14-6-4-8-20(14)12(2)21/h9,13-14H,3-8,10H2,1-2H3,(H,17,22)/t13-,14+/m1/s1. The number of likely N-dealkylation sites (tertiary alicyclic amines) is 2. The van der Waals surface area contributed by atoms with Crippen LogP contribution >= 0.6 is 0 Å². The molecule has 0 unspecified atom stereocenters. The molecule has 0 aromatic carbocycles. The fourth-order valence-corrected chi connectivity index (χ4v) is 3.85. The number of hydrogen-bond acceptors (Lipinski definition) is 5. The number of hydrogen-bond donors (Lipinski definition) is 1. The number of carbonyl (C=O) groups excluding carboxylic acids is 2. The van der Waals surface area contributed by atoms with Gasteiger partial charge in [-0.1, -0.05) is 5.16 Å². The molecule has 0 radical (unpaired) electrons. The maximum absolute atomic E-state index is 12.2. The van der Waals surface area contributed by atoms with E-state index in [1.54, 1.807) is 13.0 Å². The van der Waals surface area contributed by atoms with Crippen LogP contribution in [0.15, 0.2) is 10.6 Å². The molecule has 0 spiro atoms. The van der Waals surface area contributed by atoms with Crippen molar-refractivity contribution in [3.8, 4) is 0 Å². The van der Waals surface area contributed by atoms with Crippen molar-refractivity contribution in [2.75, 3.05) is 25.0 Å². The summed E-state index contributed by atoms with van der Waals surface area (Å²) in [7, 11) is 0. The van der Waals surface area contributed by atoms with Crippen molar-refractivity contribution in [2.24, 2.45) is 0 Å².